The number of rotatable bonds is 2. The first-order valence-corrected chi connectivity index (χ1v) is 9.53. The van der Waals surface area contributed by atoms with Crippen molar-refractivity contribution >= 4 is 5.57 Å². The Kier molecular flexibility index (Phi) is 4.10. The third-order valence-electron chi connectivity index (χ3n) is 6.50. The zero-order chi connectivity index (χ0) is 18.8. The summed E-state index contributed by atoms with van der Waals surface area (Å²) in [6.07, 6.45) is 5.89. The average Bonchev–Trinajstić information content (AvgIpc) is 2.75. The van der Waals surface area contributed by atoms with Gasteiger partial charge >= 0.3 is 0 Å². The molecule has 0 saturated heterocycles. The SMILES string of the molecule is Cc1cc(C(C)(C)CF)cc2c1C1=C(CC(C(C)(C)C)C=C1)C2(C)C. The highest BCUT2D eigenvalue weighted by molar-refractivity contribution is 5.88. The minimum absolute atomic E-state index is 0.0199. The van der Waals surface area contributed by atoms with Crippen molar-refractivity contribution in [2.45, 2.75) is 72.6 Å². The van der Waals surface area contributed by atoms with Gasteiger partial charge in [-0.3, -0.25) is 4.39 Å². The van der Waals surface area contributed by atoms with Crippen LogP contribution in [-0.4, -0.2) is 6.67 Å². The molecule has 0 amide bonds. The average molecular weight is 341 g/mol. The molecule has 0 nitrogen and oxygen atoms in total. The van der Waals surface area contributed by atoms with Crippen LogP contribution in [0.4, 0.5) is 4.39 Å². The summed E-state index contributed by atoms with van der Waals surface area (Å²) >= 11 is 0. The Morgan fingerprint density at radius 3 is 2.32 bits per heavy atom. The van der Waals surface area contributed by atoms with Crippen LogP contribution in [0.1, 0.15) is 77.1 Å². The molecule has 2 aliphatic rings. The summed E-state index contributed by atoms with van der Waals surface area (Å²) in [5, 5.41) is 0. The number of hydrogen-bond acceptors (Lipinski definition) is 0. The molecule has 1 atom stereocenters. The summed E-state index contributed by atoms with van der Waals surface area (Å²) in [5.74, 6) is 0.571. The van der Waals surface area contributed by atoms with Crippen molar-refractivity contribution in [2.75, 3.05) is 6.67 Å². The molecule has 0 aliphatic heterocycles. The minimum atomic E-state index is -0.428. The summed E-state index contributed by atoms with van der Waals surface area (Å²) < 4.78 is 13.6. The largest absolute Gasteiger partial charge is 0.250 e. The molecule has 0 spiro atoms. The fraction of sp³-hybridized carbons (Fsp3) is 0.583. The van der Waals surface area contributed by atoms with Crippen LogP contribution in [0.15, 0.2) is 29.9 Å². The first kappa shape index (κ1) is 18.4. The van der Waals surface area contributed by atoms with Crippen molar-refractivity contribution in [3.63, 3.8) is 0 Å². The number of alkyl halides is 1. The second-order valence-electron chi connectivity index (χ2n) is 10.3. The van der Waals surface area contributed by atoms with E-state index in [4.69, 9.17) is 0 Å². The van der Waals surface area contributed by atoms with Crippen molar-refractivity contribution in [3.8, 4) is 0 Å². The maximum Gasteiger partial charge on any atom is 0.0985 e. The lowest BCUT2D eigenvalue weighted by molar-refractivity contribution is 0.283. The first-order chi connectivity index (χ1) is 11.4. The van der Waals surface area contributed by atoms with Gasteiger partial charge in [-0.1, -0.05) is 78.3 Å². The lowest BCUT2D eigenvalue weighted by Crippen LogP contribution is -2.26. The predicted molar refractivity (Wildman–Crippen MR) is 107 cm³/mol. The fourth-order valence-electron chi connectivity index (χ4n) is 4.40. The van der Waals surface area contributed by atoms with E-state index in [-0.39, 0.29) is 17.5 Å². The standard InChI is InChI=1S/C24H33F/c1-15-11-17(23(5,6)14-25)13-20-21(15)18-10-9-16(22(2,3)4)12-19(18)24(20,7)8/h9-11,13,16H,12,14H2,1-8H3. The van der Waals surface area contributed by atoms with Gasteiger partial charge in [-0.15, -0.1) is 0 Å². The summed E-state index contributed by atoms with van der Waals surface area (Å²) in [5.41, 5.74) is 8.02. The van der Waals surface area contributed by atoms with E-state index in [9.17, 15) is 4.39 Å². The Morgan fingerprint density at radius 2 is 1.76 bits per heavy atom. The summed E-state index contributed by atoms with van der Waals surface area (Å²) in [6.45, 7) is 17.5. The van der Waals surface area contributed by atoms with Crippen LogP contribution in [-0.2, 0) is 10.8 Å². The third kappa shape index (κ3) is 2.80. The molecule has 1 aromatic rings. The Labute approximate surface area is 153 Å². The normalized spacial score (nSPS) is 22.2. The number of aryl methyl sites for hydroxylation is 1. The molecular weight excluding hydrogens is 307 g/mol. The van der Waals surface area contributed by atoms with Gasteiger partial charge in [0.15, 0.2) is 0 Å². The zero-order valence-corrected chi connectivity index (χ0v) is 17.2. The maximum atomic E-state index is 13.6. The van der Waals surface area contributed by atoms with Gasteiger partial charge in [0.2, 0.25) is 0 Å². The van der Waals surface area contributed by atoms with Gasteiger partial charge in [0.05, 0.1) is 6.67 Å². The molecule has 1 unspecified atom stereocenters. The second-order valence-corrected chi connectivity index (χ2v) is 10.3. The number of fused-ring (bicyclic) bond motifs is 2. The van der Waals surface area contributed by atoms with E-state index in [0.717, 1.165) is 12.0 Å². The van der Waals surface area contributed by atoms with E-state index < -0.39 is 5.41 Å². The Hall–Kier alpha value is -1.37. The van der Waals surface area contributed by atoms with Crippen LogP contribution in [0.3, 0.4) is 0 Å². The van der Waals surface area contributed by atoms with Crippen molar-refractivity contribution in [3.05, 3.63) is 52.1 Å². The Bertz CT molecular complexity index is 766. The molecule has 136 valence electrons. The van der Waals surface area contributed by atoms with Gasteiger partial charge in [0.1, 0.15) is 0 Å². The highest BCUT2D eigenvalue weighted by Gasteiger charge is 2.42. The highest BCUT2D eigenvalue weighted by atomic mass is 19.1. The lowest BCUT2D eigenvalue weighted by atomic mass is 9.69. The lowest BCUT2D eigenvalue weighted by Gasteiger charge is -2.35. The van der Waals surface area contributed by atoms with E-state index in [1.807, 2.05) is 13.8 Å². The molecule has 0 N–H and O–H groups in total. The zero-order valence-electron chi connectivity index (χ0n) is 17.2. The summed E-state index contributed by atoms with van der Waals surface area (Å²) in [4.78, 5) is 0. The van der Waals surface area contributed by atoms with Gasteiger partial charge < -0.3 is 0 Å². The van der Waals surface area contributed by atoms with Crippen LogP contribution < -0.4 is 0 Å². The third-order valence-corrected chi connectivity index (χ3v) is 6.50. The molecule has 0 aromatic heterocycles. The molecule has 0 fully saturated rings. The van der Waals surface area contributed by atoms with E-state index in [0.29, 0.717) is 5.92 Å². The van der Waals surface area contributed by atoms with Crippen molar-refractivity contribution in [1.82, 2.24) is 0 Å². The molecule has 2 aliphatic carbocycles. The molecule has 3 rings (SSSR count). The first-order valence-electron chi connectivity index (χ1n) is 9.53. The Balaban J connectivity index is 2.14. The minimum Gasteiger partial charge on any atom is -0.250 e. The number of hydrogen-bond donors (Lipinski definition) is 0. The number of benzene rings is 1. The van der Waals surface area contributed by atoms with E-state index >= 15 is 0 Å². The predicted octanol–water partition coefficient (Wildman–Crippen LogP) is 6.91. The van der Waals surface area contributed by atoms with E-state index in [1.54, 1.807) is 5.57 Å². The number of allylic oxidation sites excluding steroid dienone is 4. The quantitative estimate of drug-likeness (QED) is 0.549. The van der Waals surface area contributed by atoms with E-state index in [2.05, 4.69) is 65.8 Å². The van der Waals surface area contributed by atoms with Crippen LogP contribution in [0, 0.1) is 18.3 Å². The van der Waals surface area contributed by atoms with Crippen LogP contribution in [0.2, 0.25) is 0 Å². The molecule has 0 heterocycles. The van der Waals surface area contributed by atoms with E-state index in [1.165, 1.54) is 22.3 Å². The van der Waals surface area contributed by atoms with Gasteiger partial charge in [-0.2, -0.15) is 0 Å². The fourth-order valence-corrected chi connectivity index (χ4v) is 4.40. The van der Waals surface area contributed by atoms with Crippen molar-refractivity contribution in [2.24, 2.45) is 11.3 Å². The molecule has 0 radical (unpaired) electrons. The molecule has 0 bridgehead atoms. The summed E-state index contributed by atoms with van der Waals surface area (Å²) in [6, 6.07) is 4.48. The van der Waals surface area contributed by atoms with Crippen LogP contribution in [0.25, 0.3) is 5.57 Å². The molecule has 25 heavy (non-hydrogen) atoms. The molecule has 0 saturated carbocycles. The molecular formula is C24H33F. The smallest absolute Gasteiger partial charge is 0.0985 e. The summed E-state index contributed by atoms with van der Waals surface area (Å²) in [7, 11) is 0. The highest BCUT2D eigenvalue weighted by Crippen LogP contribution is 2.54. The topological polar surface area (TPSA) is 0 Å². The van der Waals surface area contributed by atoms with Crippen molar-refractivity contribution in [1.29, 1.82) is 0 Å². The van der Waals surface area contributed by atoms with Gasteiger partial charge in [0.25, 0.3) is 0 Å². The van der Waals surface area contributed by atoms with Gasteiger partial charge in [0, 0.05) is 10.8 Å². The van der Waals surface area contributed by atoms with Gasteiger partial charge in [-0.05, 0) is 52.5 Å². The van der Waals surface area contributed by atoms with Crippen LogP contribution >= 0.6 is 0 Å². The van der Waals surface area contributed by atoms with Crippen LogP contribution in [0.5, 0.6) is 0 Å². The van der Waals surface area contributed by atoms with Gasteiger partial charge in [-0.25, -0.2) is 0 Å². The molecule has 1 aromatic carbocycles. The van der Waals surface area contributed by atoms with Crippen molar-refractivity contribution < 1.29 is 4.39 Å². The Morgan fingerprint density at radius 1 is 1.12 bits per heavy atom. The second kappa shape index (κ2) is 5.56. The maximum absolute atomic E-state index is 13.6. The monoisotopic (exact) mass is 340 g/mol. The number of halogens is 1. The molecule has 1 heteroatoms.